The van der Waals surface area contributed by atoms with Gasteiger partial charge in [0.1, 0.15) is 11.5 Å². The summed E-state index contributed by atoms with van der Waals surface area (Å²) >= 11 is 3.40. The standard InChI is InChI=1S/C27H27BrN2O3/c1-17(2)24-13-4-18(3)14-25(24)33-23-11-7-21(8-12-23)29-27(32)19-15-26(31)30(16-19)22-9-5-20(28)6-10-22/h4-14,17,19H,15-16H2,1-3H3,(H,29,32)/t19-/m0/s1. The third-order valence-electron chi connectivity index (χ3n) is 5.77. The normalized spacial score (nSPS) is 15.7. The van der Waals surface area contributed by atoms with Crippen LogP contribution in [0.25, 0.3) is 0 Å². The van der Waals surface area contributed by atoms with Crippen molar-refractivity contribution in [2.45, 2.75) is 33.1 Å². The number of nitrogens with zero attached hydrogens (tertiary/aromatic N) is 1. The number of ether oxygens (including phenoxy) is 1. The molecule has 0 radical (unpaired) electrons. The van der Waals surface area contributed by atoms with E-state index in [1.165, 1.54) is 0 Å². The number of carbonyl (C=O) groups excluding carboxylic acids is 2. The van der Waals surface area contributed by atoms with Crippen molar-refractivity contribution in [3.05, 3.63) is 82.3 Å². The first-order valence-corrected chi connectivity index (χ1v) is 11.8. The number of rotatable bonds is 6. The van der Waals surface area contributed by atoms with Gasteiger partial charge in [0.2, 0.25) is 11.8 Å². The Morgan fingerprint density at radius 3 is 2.42 bits per heavy atom. The zero-order valence-corrected chi connectivity index (χ0v) is 20.6. The van der Waals surface area contributed by atoms with Crippen LogP contribution in [0.3, 0.4) is 0 Å². The number of anilines is 2. The zero-order valence-electron chi connectivity index (χ0n) is 19.0. The summed E-state index contributed by atoms with van der Waals surface area (Å²) in [7, 11) is 0. The van der Waals surface area contributed by atoms with Gasteiger partial charge in [0.05, 0.1) is 5.92 Å². The molecule has 1 heterocycles. The van der Waals surface area contributed by atoms with Crippen molar-refractivity contribution in [3.63, 3.8) is 0 Å². The second-order valence-electron chi connectivity index (χ2n) is 8.69. The van der Waals surface area contributed by atoms with Crippen molar-refractivity contribution < 1.29 is 14.3 Å². The molecule has 1 aliphatic heterocycles. The molecule has 1 N–H and O–H groups in total. The van der Waals surface area contributed by atoms with Crippen molar-refractivity contribution >= 4 is 39.1 Å². The maximum Gasteiger partial charge on any atom is 0.229 e. The van der Waals surface area contributed by atoms with Crippen molar-refractivity contribution in [2.75, 3.05) is 16.8 Å². The highest BCUT2D eigenvalue weighted by Gasteiger charge is 2.35. The van der Waals surface area contributed by atoms with Crippen LogP contribution < -0.4 is 15.0 Å². The molecule has 0 aromatic heterocycles. The van der Waals surface area contributed by atoms with Crippen LogP contribution in [-0.2, 0) is 9.59 Å². The topological polar surface area (TPSA) is 58.6 Å². The first-order valence-electron chi connectivity index (χ1n) is 11.1. The second-order valence-corrected chi connectivity index (χ2v) is 9.61. The van der Waals surface area contributed by atoms with Crippen LogP contribution in [0, 0.1) is 12.8 Å². The summed E-state index contributed by atoms with van der Waals surface area (Å²) in [5, 5.41) is 2.93. The Bertz CT molecular complexity index is 1160. The third kappa shape index (κ3) is 5.45. The average Bonchev–Trinajstić information content (AvgIpc) is 3.17. The molecule has 170 valence electrons. The molecule has 1 aliphatic rings. The van der Waals surface area contributed by atoms with Crippen LogP contribution in [0.5, 0.6) is 11.5 Å². The highest BCUT2D eigenvalue weighted by Crippen LogP contribution is 2.32. The Morgan fingerprint density at radius 2 is 1.76 bits per heavy atom. The smallest absolute Gasteiger partial charge is 0.229 e. The summed E-state index contributed by atoms with van der Waals surface area (Å²) in [6.07, 6.45) is 0.203. The number of carbonyl (C=O) groups is 2. The molecule has 33 heavy (non-hydrogen) atoms. The van der Waals surface area contributed by atoms with Crippen LogP contribution in [0.2, 0.25) is 0 Å². The van der Waals surface area contributed by atoms with Crippen molar-refractivity contribution in [1.29, 1.82) is 0 Å². The molecule has 3 aromatic rings. The molecule has 1 atom stereocenters. The first kappa shape index (κ1) is 23.1. The average molecular weight is 507 g/mol. The molecule has 0 spiro atoms. The molecule has 5 nitrogen and oxygen atoms in total. The lowest BCUT2D eigenvalue weighted by Gasteiger charge is -2.17. The molecule has 2 amide bonds. The maximum atomic E-state index is 12.8. The van der Waals surface area contributed by atoms with Gasteiger partial charge in [-0.2, -0.15) is 0 Å². The Balaban J connectivity index is 1.39. The van der Waals surface area contributed by atoms with Gasteiger partial charge < -0.3 is 15.0 Å². The number of nitrogens with one attached hydrogen (secondary N) is 1. The number of amides is 2. The fourth-order valence-electron chi connectivity index (χ4n) is 3.94. The summed E-state index contributed by atoms with van der Waals surface area (Å²) in [4.78, 5) is 26.9. The molecule has 1 fully saturated rings. The molecular weight excluding hydrogens is 480 g/mol. The Hall–Kier alpha value is -3.12. The van der Waals surface area contributed by atoms with Gasteiger partial charge in [-0.3, -0.25) is 9.59 Å². The first-order chi connectivity index (χ1) is 15.8. The van der Waals surface area contributed by atoms with Gasteiger partial charge in [0.15, 0.2) is 0 Å². The molecular formula is C27H27BrN2O3. The highest BCUT2D eigenvalue weighted by molar-refractivity contribution is 9.10. The summed E-state index contributed by atoms with van der Waals surface area (Å²) in [6, 6.07) is 21.1. The van der Waals surface area contributed by atoms with Crippen LogP contribution in [-0.4, -0.2) is 18.4 Å². The lowest BCUT2D eigenvalue weighted by Crippen LogP contribution is -2.28. The van der Waals surface area contributed by atoms with Crippen molar-refractivity contribution in [3.8, 4) is 11.5 Å². The molecule has 0 bridgehead atoms. The minimum absolute atomic E-state index is 0.0414. The molecule has 1 saturated heterocycles. The summed E-state index contributed by atoms with van der Waals surface area (Å²) in [6.45, 7) is 6.70. The van der Waals surface area contributed by atoms with Gasteiger partial charge in [-0.15, -0.1) is 0 Å². The van der Waals surface area contributed by atoms with Crippen LogP contribution >= 0.6 is 15.9 Å². The van der Waals surface area contributed by atoms with E-state index in [-0.39, 0.29) is 18.2 Å². The quantitative estimate of drug-likeness (QED) is 0.406. The molecule has 6 heteroatoms. The number of hydrogen-bond acceptors (Lipinski definition) is 3. The third-order valence-corrected chi connectivity index (χ3v) is 6.30. The largest absolute Gasteiger partial charge is 0.457 e. The number of hydrogen-bond donors (Lipinski definition) is 1. The molecule has 4 rings (SSSR count). The van der Waals surface area contributed by atoms with E-state index in [0.717, 1.165) is 27.0 Å². The van der Waals surface area contributed by atoms with E-state index < -0.39 is 5.92 Å². The maximum absolute atomic E-state index is 12.8. The van der Waals surface area contributed by atoms with Gasteiger partial charge in [0, 0.05) is 28.8 Å². The lowest BCUT2D eigenvalue weighted by molar-refractivity contribution is -0.122. The predicted molar refractivity (Wildman–Crippen MR) is 135 cm³/mol. The van der Waals surface area contributed by atoms with Gasteiger partial charge in [-0.1, -0.05) is 41.9 Å². The van der Waals surface area contributed by atoms with Crippen molar-refractivity contribution in [2.24, 2.45) is 5.92 Å². The number of aryl methyl sites for hydroxylation is 1. The van der Waals surface area contributed by atoms with E-state index in [0.29, 0.717) is 23.9 Å². The number of benzene rings is 3. The molecule has 3 aromatic carbocycles. The lowest BCUT2D eigenvalue weighted by atomic mass is 10.0. The SMILES string of the molecule is Cc1ccc(C(C)C)c(Oc2ccc(NC(=O)[C@H]3CC(=O)N(c4ccc(Br)cc4)C3)cc2)c1. The fraction of sp³-hybridized carbons (Fsp3) is 0.259. The van der Waals surface area contributed by atoms with E-state index in [1.54, 1.807) is 4.90 Å². The minimum Gasteiger partial charge on any atom is -0.457 e. The second kappa shape index (κ2) is 9.79. The Kier molecular flexibility index (Phi) is 6.84. The van der Waals surface area contributed by atoms with Crippen molar-refractivity contribution in [1.82, 2.24) is 0 Å². The van der Waals surface area contributed by atoms with Gasteiger partial charge in [-0.05, 0) is 78.6 Å². The van der Waals surface area contributed by atoms with Gasteiger partial charge in [0.25, 0.3) is 0 Å². The van der Waals surface area contributed by atoms with E-state index in [4.69, 9.17) is 4.74 Å². The van der Waals surface area contributed by atoms with E-state index in [2.05, 4.69) is 47.2 Å². The Labute approximate surface area is 202 Å². The summed E-state index contributed by atoms with van der Waals surface area (Å²) in [5.41, 5.74) is 3.77. The fourth-order valence-corrected chi connectivity index (χ4v) is 4.20. The summed E-state index contributed by atoms with van der Waals surface area (Å²) in [5.74, 6) is 1.32. The van der Waals surface area contributed by atoms with E-state index in [1.807, 2.05) is 61.5 Å². The highest BCUT2D eigenvalue weighted by atomic mass is 79.9. The summed E-state index contributed by atoms with van der Waals surface area (Å²) < 4.78 is 7.08. The minimum atomic E-state index is -0.391. The molecule has 0 aliphatic carbocycles. The van der Waals surface area contributed by atoms with Gasteiger partial charge >= 0.3 is 0 Å². The van der Waals surface area contributed by atoms with Crippen LogP contribution in [0.1, 0.15) is 37.3 Å². The van der Waals surface area contributed by atoms with Crippen LogP contribution in [0.15, 0.2) is 71.2 Å². The zero-order chi connectivity index (χ0) is 23.5. The van der Waals surface area contributed by atoms with E-state index in [9.17, 15) is 9.59 Å². The monoisotopic (exact) mass is 506 g/mol. The van der Waals surface area contributed by atoms with E-state index >= 15 is 0 Å². The molecule has 0 unspecified atom stereocenters. The predicted octanol–water partition coefficient (Wildman–Crippen LogP) is 6.66. The Morgan fingerprint density at radius 1 is 1.06 bits per heavy atom. The number of halogens is 1. The van der Waals surface area contributed by atoms with Gasteiger partial charge in [-0.25, -0.2) is 0 Å². The molecule has 0 saturated carbocycles. The van der Waals surface area contributed by atoms with Crippen LogP contribution in [0.4, 0.5) is 11.4 Å².